The van der Waals surface area contributed by atoms with Crippen LogP contribution in [0, 0.1) is 18.8 Å². The summed E-state index contributed by atoms with van der Waals surface area (Å²) in [6, 6.07) is 1.97. The van der Waals surface area contributed by atoms with Gasteiger partial charge in [0.1, 0.15) is 0 Å². The Labute approximate surface area is 108 Å². The average molecular weight is 247 g/mol. The largest absolute Gasteiger partial charge is 0.397 e. The standard InChI is InChI=1S/C14H21N3O/c1-8-4-5-13(9(8)2)17-14(18)12-6-11(15)7-16-10(12)3/h6-9,13H,4-5,15H2,1-3H3,(H,17,18). The van der Waals surface area contributed by atoms with Crippen LogP contribution in [0.5, 0.6) is 0 Å². The lowest BCUT2D eigenvalue weighted by Gasteiger charge is -2.20. The molecule has 18 heavy (non-hydrogen) atoms. The lowest BCUT2D eigenvalue weighted by molar-refractivity contribution is 0.0926. The quantitative estimate of drug-likeness (QED) is 0.841. The summed E-state index contributed by atoms with van der Waals surface area (Å²) in [5.74, 6) is 1.15. The van der Waals surface area contributed by atoms with Crippen molar-refractivity contribution in [2.24, 2.45) is 11.8 Å². The number of nitrogens with one attached hydrogen (secondary N) is 1. The molecule has 4 nitrogen and oxygen atoms in total. The van der Waals surface area contributed by atoms with Gasteiger partial charge in [0.15, 0.2) is 0 Å². The molecule has 3 N–H and O–H groups in total. The van der Waals surface area contributed by atoms with Crippen LogP contribution in [0.2, 0.25) is 0 Å². The van der Waals surface area contributed by atoms with Crippen LogP contribution >= 0.6 is 0 Å². The molecule has 4 heteroatoms. The molecule has 0 spiro atoms. The molecule has 1 amide bonds. The van der Waals surface area contributed by atoms with Gasteiger partial charge in [0.2, 0.25) is 0 Å². The van der Waals surface area contributed by atoms with E-state index in [9.17, 15) is 4.79 Å². The van der Waals surface area contributed by atoms with E-state index in [1.807, 2.05) is 6.92 Å². The van der Waals surface area contributed by atoms with Gasteiger partial charge in [-0.25, -0.2) is 0 Å². The van der Waals surface area contributed by atoms with E-state index >= 15 is 0 Å². The summed E-state index contributed by atoms with van der Waals surface area (Å²) < 4.78 is 0. The van der Waals surface area contributed by atoms with Crippen molar-refractivity contribution in [1.29, 1.82) is 0 Å². The highest BCUT2D eigenvalue weighted by atomic mass is 16.1. The Morgan fingerprint density at radius 3 is 2.78 bits per heavy atom. The van der Waals surface area contributed by atoms with Gasteiger partial charge in [0.25, 0.3) is 5.91 Å². The molecule has 1 heterocycles. The van der Waals surface area contributed by atoms with Crippen molar-refractivity contribution in [2.45, 2.75) is 39.7 Å². The number of hydrogen-bond acceptors (Lipinski definition) is 3. The Kier molecular flexibility index (Phi) is 3.55. The van der Waals surface area contributed by atoms with Crippen molar-refractivity contribution < 1.29 is 4.79 Å². The molecule has 1 fully saturated rings. The Balaban J connectivity index is 2.10. The van der Waals surface area contributed by atoms with Crippen LogP contribution in [0.25, 0.3) is 0 Å². The Morgan fingerprint density at radius 1 is 1.44 bits per heavy atom. The van der Waals surface area contributed by atoms with Crippen LogP contribution in [-0.4, -0.2) is 16.9 Å². The number of hydrogen-bond donors (Lipinski definition) is 2. The van der Waals surface area contributed by atoms with E-state index in [-0.39, 0.29) is 11.9 Å². The number of nitrogens with two attached hydrogens (primary N) is 1. The maximum absolute atomic E-state index is 12.2. The van der Waals surface area contributed by atoms with E-state index in [4.69, 9.17) is 5.73 Å². The first-order valence-corrected chi connectivity index (χ1v) is 6.52. The van der Waals surface area contributed by atoms with Gasteiger partial charge in [-0.05, 0) is 37.7 Å². The van der Waals surface area contributed by atoms with Gasteiger partial charge < -0.3 is 11.1 Å². The van der Waals surface area contributed by atoms with Crippen LogP contribution in [0.1, 0.15) is 42.7 Å². The molecule has 0 bridgehead atoms. The number of carbonyl (C=O) groups is 1. The fourth-order valence-corrected chi connectivity index (χ4v) is 2.59. The summed E-state index contributed by atoms with van der Waals surface area (Å²) in [5, 5.41) is 3.11. The van der Waals surface area contributed by atoms with Crippen LogP contribution in [0.3, 0.4) is 0 Å². The molecular formula is C14H21N3O. The van der Waals surface area contributed by atoms with Crippen molar-refractivity contribution in [1.82, 2.24) is 10.3 Å². The number of pyridine rings is 1. The highest BCUT2D eigenvalue weighted by Crippen LogP contribution is 2.31. The lowest BCUT2D eigenvalue weighted by Crippen LogP contribution is -2.37. The normalized spacial score (nSPS) is 27.2. The highest BCUT2D eigenvalue weighted by molar-refractivity contribution is 5.96. The molecule has 1 aromatic heterocycles. The van der Waals surface area contributed by atoms with Gasteiger partial charge in [-0.15, -0.1) is 0 Å². The second-order valence-corrected chi connectivity index (χ2v) is 5.40. The second-order valence-electron chi connectivity index (χ2n) is 5.40. The van der Waals surface area contributed by atoms with E-state index in [0.717, 1.165) is 12.1 Å². The van der Waals surface area contributed by atoms with Crippen molar-refractivity contribution in [3.63, 3.8) is 0 Å². The summed E-state index contributed by atoms with van der Waals surface area (Å²) in [6.45, 7) is 6.27. The second kappa shape index (κ2) is 4.96. The van der Waals surface area contributed by atoms with Crippen molar-refractivity contribution >= 4 is 11.6 Å². The topological polar surface area (TPSA) is 68.0 Å². The molecule has 0 aromatic carbocycles. The number of aromatic nitrogens is 1. The van der Waals surface area contributed by atoms with Crippen LogP contribution in [0.15, 0.2) is 12.3 Å². The summed E-state index contributed by atoms with van der Waals surface area (Å²) in [6.07, 6.45) is 3.82. The summed E-state index contributed by atoms with van der Waals surface area (Å²) in [5.41, 5.74) is 7.51. The third kappa shape index (κ3) is 2.47. The van der Waals surface area contributed by atoms with Crippen molar-refractivity contribution in [3.05, 3.63) is 23.5 Å². The summed E-state index contributed by atoms with van der Waals surface area (Å²) in [4.78, 5) is 16.3. The van der Waals surface area contributed by atoms with Gasteiger partial charge in [0.05, 0.1) is 23.1 Å². The van der Waals surface area contributed by atoms with Gasteiger partial charge >= 0.3 is 0 Å². The minimum Gasteiger partial charge on any atom is -0.397 e. The average Bonchev–Trinajstić information content (AvgIpc) is 2.64. The molecule has 1 saturated carbocycles. The van der Waals surface area contributed by atoms with E-state index in [1.54, 1.807) is 12.3 Å². The smallest absolute Gasteiger partial charge is 0.253 e. The molecule has 3 atom stereocenters. The molecule has 0 aliphatic heterocycles. The first-order valence-electron chi connectivity index (χ1n) is 6.52. The minimum absolute atomic E-state index is 0.0572. The monoisotopic (exact) mass is 247 g/mol. The maximum Gasteiger partial charge on any atom is 0.253 e. The van der Waals surface area contributed by atoms with Gasteiger partial charge in [0, 0.05) is 6.04 Å². The minimum atomic E-state index is -0.0572. The number of carbonyl (C=O) groups excluding carboxylic acids is 1. The third-order valence-electron chi connectivity index (χ3n) is 4.13. The first kappa shape index (κ1) is 12.9. The van der Waals surface area contributed by atoms with E-state index in [1.165, 1.54) is 6.42 Å². The zero-order valence-corrected chi connectivity index (χ0v) is 11.2. The Hall–Kier alpha value is -1.58. The van der Waals surface area contributed by atoms with Gasteiger partial charge in [-0.3, -0.25) is 9.78 Å². The van der Waals surface area contributed by atoms with Gasteiger partial charge in [-0.1, -0.05) is 13.8 Å². The molecule has 1 aliphatic rings. The zero-order valence-electron chi connectivity index (χ0n) is 11.2. The van der Waals surface area contributed by atoms with E-state index in [0.29, 0.717) is 23.1 Å². The number of aryl methyl sites for hydroxylation is 1. The summed E-state index contributed by atoms with van der Waals surface area (Å²) in [7, 11) is 0. The van der Waals surface area contributed by atoms with Crippen LogP contribution < -0.4 is 11.1 Å². The van der Waals surface area contributed by atoms with E-state index < -0.39 is 0 Å². The molecule has 3 unspecified atom stereocenters. The fraction of sp³-hybridized carbons (Fsp3) is 0.571. The molecule has 0 radical (unpaired) electrons. The molecule has 0 saturated heterocycles. The number of rotatable bonds is 2. The first-order chi connectivity index (χ1) is 8.49. The number of amides is 1. The number of nitrogen functional groups attached to an aromatic ring is 1. The van der Waals surface area contributed by atoms with Crippen LogP contribution in [-0.2, 0) is 0 Å². The van der Waals surface area contributed by atoms with Crippen LogP contribution in [0.4, 0.5) is 5.69 Å². The van der Waals surface area contributed by atoms with Gasteiger partial charge in [-0.2, -0.15) is 0 Å². The lowest BCUT2D eigenvalue weighted by atomic mass is 9.97. The zero-order chi connectivity index (χ0) is 13.3. The van der Waals surface area contributed by atoms with Crippen molar-refractivity contribution in [2.75, 3.05) is 5.73 Å². The Bertz CT molecular complexity index is 458. The molecule has 2 rings (SSSR count). The number of anilines is 1. The maximum atomic E-state index is 12.2. The fourth-order valence-electron chi connectivity index (χ4n) is 2.59. The van der Waals surface area contributed by atoms with Crippen molar-refractivity contribution in [3.8, 4) is 0 Å². The SMILES string of the molecule is Cc1ncc(N)cc1C(=O)NC1CCC(C)C1C. The molecule has 1 aliphatic carbocycles. The highest BCUT2D eigenvalue weighted by Gasteiger charge is 2.31. The molecule has 98 valence electrons. The molecular weight excluding hydrogens is 226 g/mol. The third-order valence-corrected chi connectivity index (χ3v) is 4.13. The Morgan fingerprint density at radius 2 is 2.17 bits per heavy atom. The summed E-state index contributed by atoms with van der Waals surface area (Å²) >= 11 is 0. The predicted octanol–water partition coefficient (Wildman–Crippen LogP) is 2.14. The molecule has 1 aromatic rings. The van der Waals surface area contributed by atoms with E-state index in [2.05, 4.69) is 24.1 Å². The number of nitrogens with zero attached hydrogens (tertiary/aromatic N) is 1. The predicted molar refractivity (Wildman–Crippen MR) is 72.2 cm³/mol.